The summed E-state index contributed by atoms with van der Waals surface area (Å²) in [5.41, 5.74) is 0. The maximum Gasteiger partial charge on any atom is 1.00 e. The standard InChI is InChI=1S/C16H10O12S4.4Na/c17-29(18,19)10-6-8-3-1-2-7-4-5-9-12(11(7)8)13(10)15(31(23,24)25)16(32(26,27)28)14(9)30(20,21)22;;;;/h1-6H,(H,17,18,19)(H,20,21,22)(H,23,24,25)(H,26,27,28);;;;/q;4*+1/p-4. The van der Waals surface area contributed by atoms with Crippen LogP contribution in [0, 0.1) is 0 Å². The zero-order valence-electron chi connectivity index (χ0n) is 19.0. The topological polar surface area (TPSA) is 229 Å². The summed E-state index contributed by atoms with van der Waals surface area (Å²) in [5.74, 6) is 0. The van der Waals surface area contributed by atoms with E-state index in [9.17, 15) is 51.9 Å². The van der Waals surface area contributed by atoms with Gasteiger partial charge in [-0.3, -0.25) is 0 Å². The Balaban J connectivity index is 0.00000306. The largest absolute Gasteiger partial charge is 1.00 e. The van der Waals surface area contributed by atoms with Gasteiger partial charge in [0.05, 0.1) is 19.6 Å². The molecule has 20 heteroatoms. The first-order valence-corrected chi connectivity index (χ1v) is 13.7. The molecule has 170 valence electrons. The summed E-state index contributed by atoms with van der Waals surface area (Å²) < 4.78 is 144. The van der Waals surface area contributed by atoms with Crippen LogP contribution in [0.25, 0.3) is 32.3 Å². The minimum atomic E-state index is -6.19. The number of rotatable bonds is 4. The molecule has 0 saturated carbocycles. The molecule has 4 aromatic carbocycles. The molecule has 0 amide bonds. The number of hydrogen-bond donors (Lipinski definition) is 0. The Morgan fingerprint density at radius 1 is 0.472 bits per heavy atom. The van der Waals surface area contributed by atoms with Gasteiger partial charge in [0.25, 0.3) is 0 Å². The fourth-order valence-electron chi connectivity index (χ4n) is 3.79. The van der Waals surface area contributed by atoms with E-state index in [0.717, 1.165) is 6.07 Å². The molecule has 0 atom stereocenters. The molecular weight excluding hydrogens is 604 g/mol. The molecule has 0 bridgehead atoms. The third-order valence-corrected chi connectivity index (χ3v) is 8.62. The van der Waals surface area contributed by atoms with Crippen molar-refractivity contribution in [3.05, 3.63) is 36.4 Å². The van der Waals surface area contributed by atoms with Crippen molar-refractivity contribution in [1.29, 1.82) is 0 Å². The van der Waals surface area contributed by atoms with Crippen LogP contribution in [-0.2, 0) is 40.5 Å². The molecule has 0 aliphatic rings. The van der Waals surface area contributed by atoms with Crippen molar-refractivity contribution < 1.29 is 170 Å². The van der Waals surface area contributed by atoms with Gasteiger partial charge in [-0.15, -0.1) is 0 Å². The van der Waals surface area contributed by atoms with E-state index in [1.807, 2.05) is 0 Å². The molecule has 0 spiro atoms. The first-order chi connectivity index (χ1) is 14.4. The molecule has 0 unspecified atom stereocenters. The molecule has 36 heavy (non-hydrogen) atoms. The first-order valence-electron chi connectivity index (χ1n) is 8.05. The second kappa shape index (κ2) is 12.2. The second-order valence-corrected chi connectivity index (χ2v) is 11.9. The summed E-state index contributed by atoms with van der Waals surface area (Å²) in [5, 5.41) is -2.65. The Kier molecular flexibility index (Phi) is 12.7. The Bertz CT molecular complexity index is 1920. The van der Waals surface area contributed by atoms with Crippen LogP contribution in [0.3, 0.4) is 0 Å². The molecule has 0 aromatic heterocycles. The van der Waals surface area contributed by atoms with Gasteiger partial charge in [-0.2, -0.15) is 0 Å². The van der Waals surface area contributed by atoms with Crippen molar-refractivity contribution in [2.75, 3.05) is 0 Å². The quantitative estimate of drug-likeness (QED) is 0.119. The fourth-order valence-corrected chi connectivity index (χ4v) is 8.09. The van der Waals surface area contributed by atoms with E-state index in [2.05, 4.69) is 0 Å². The van der Waals surface area contributed by atoms with Crippen LogP contribution in [-0.4, -0.2) is 51.9 Å². The molecule has 0 aliphatic carbocycles. The SMILES string of the molecule is O=S(=O)([O-])c1c(S(=O)(=O)[O-])c2ccc3cccc4cc(S(=O)(=O)[O-])c(c1S(=O)(=O)[O-])c2c34.[Na+].[Na+].[Na+].[Na+]. The van der Waals surface area contributed by atoms with Crippen molar-refractivity contribution in [3.63, 3.8) is 0 Å². The van der Waals surface area contributed by atoms with Gasteiger partial charge >= 0.3 is 118 Å². The van der Waals surface area contributed by atoms with Gasteiger partial charge in [-0.05, 0) is 22.2 Å². The normalized spacial score (nSPS) is 12.4. The molecule has 12 nitrogen and oxygen atoms in total. The van der Waals surface area contributed by atoms with Crippen molar-refractivity contribution in [2.45, 2.75) is 19.6 Å². The number of hydrogen-bond acceptors (Lipinski definition) is 12. The number of benzene rings is 4. The zero-order valence-corrected chi connectivity index (χ0v) is 30.3. The minimum absolute atomic E-state index is 0. The summed E-state index contributed by atoms with van der Waals surface area (Å²) in [6.07, 6.45) is 0. The van der Waals surface area contributed by atoms with Gasteiger partial charge in [0.2, 0.25) is 0 Å². The van der Waals surface area contributed by atoms with Crippen LogP contribution in [0.4, 0.5) is 0 Å². The Hall–Kier alpha value is 1.56. The summed E-state index contributed by atoms with van der Waals surface area (Å²) in [4.78, 5) is -7.55. The van der Waals surface area contributed by atoms with Crippen LogP contribution in [0.5, 0.6) is 0 Å². The van der Waals surface area contributed by atoms with Crippen LogP contribution < -0.4 is 118 Å². The second-order valence-electron chi connectivity index (χ2n) is 6.62. The third kappa shape index (κ3) is 6.54. The van der Waals surface area contributed by atoms with E-state index in [-0.39, 0.29) is 134 Å². The van der Waals surface area contributed by atoms with E-state index < -0.39 is 76.2 Å². The predicted molar refractivity (Wildman–Crippen MR) is 102 cm³/mol. The molecule has 0 fully saturated rings. The smallest absolute Gasteiger partial charge is 0.744 e. The van der Waals surface area contributed by atoms with E-state index in [0.29, 0.717) is 6.07 Å². The minimum Gasteiger partial charge on any atom is -0.744 e. The fraction of sp³-hybridized carbons (Fsp3) is 0. The third-order valence-electron chi connectivity index (χ3n) is 4.76. The molecule has 0 aliphatic heterocycles. The average Bonchev–Trinajstić information content (AvgIpc) is 2.61. The van der Waals surface area contributed by atoms with Crippen molar-refractivity contribution in [1.82, 2.24) is 0 Å². The Labute approximate surface area is 294 Å². The zero-order chi connectivity index (χ0) is 24.0. The maximum atomic E-state index is 12.1. The summed E-state index contributed by atoms with van der Waals surface area (Å²) in [6, 6.07) is 6.79. The molecule has 0 heterocycles. The summed E-state index contributed by atoms with van der Waals surface area (Å²) in [6.45, 7) is 0. The Morgan fingerprint density at radius 2 is 0.944 bits per heavy atom. The molecule has 0 N–H and O–H groups in total. The van der Waals surface area contributed by atoms with Gasteiger partial charge in [0.15, 0.2) is 0 Å². The molecule has 0 saturated heterocycles. The Morgan fingerprint density at radius 3 is 1.39 bits per heavy atom. The van der Waals surface area contributed by atoms with E-state index in [1.165, 1.54) is 24.3 Å². The summed E-state index contributed by atoms with van der Waals surface area (Å²) in [7, 11) is -23.9. The maximum absolute atomic E-state index is 12.1. The van der Waals surface area contributed by atoms with Gasteiger partial charge in [-0.1, -0.05) is 30.3 Å². The molecule has 4 aromatic rings. The van der Waals surface area contributed by atoms with E-state index >= 15 is 0 Å². The van der Waals surface area contributed by atoms with Gasteiger partial charge in [0.1, 0.15) is 40.5 Å². The van der Waals surface area contributed by atoms with Gasteiger partial charge in [0, 0.05) is 16.2 Å². The van der Waals surface area contributed by atoms with E-state index in [1.54, 1.807) is 0 Å². The molecular formula is C16H6Na4O12S4. The van der Waals surface area contributed by atoms with E-state index in [4.69, 9.17) is 0 Å². The molecule has 0 radical (unpaired) electrons. The van der Waals surface area contributed by atoms with Crippen LogP contribution >= 0.6 is 0 Å². The summed E-state index contributed by atoms with van der Waals surface area (Å²) >= 11 is 0. The van der Waals surface area contributed by atoms with Crippen LogP contribution in [0.1, 0.15) is 0 Å². The van der Waals surface area contributed by atoms with Crippen molar-refractivity contribution >= 4 is 72.8 Å². The first kappa shape index (κ1) is 37.6. The van der Waals surface area contributed by atoms with Gasteiger partial charge < -0.3 is 18.2 Å². The van der Waals surface area contributed by atoms with Crippen molar-refractivity contribution in [3.8, 4) is 0 Å². The van der Waals surface area contributed by atoms with Crippen molar-refractivity contribution in [2.24, 2.45) is 0 Å². The van der Waals surface area contributed by atoms with Crippen LogP contribution in [0.15, 0.2) is 56.0 Å². The average molecular weight is 610 g/mol. The van der Waals surface area contributed by atoms with Gasteiger partial charge in [-0.25, -0.2) is 33.7 Å². The predicted octanol–water partition coefficient (Wildman–Crippen LogP) is -11.8. The molecule has 4 rings (SSSR count). The van der Waals surface area contributed by atoms with Crippen LogP contribution in [0.2, 0.25) is 0 Å². The monoisotopic (exact) mass is 610 g/mol.